The fourth-order valence-corrected chi connectivity index (χ4v) is 2.51. The van der Waals surface area contributed by atoms with Gasteiger partial charge in [-0.15, -0.1) is 10.2 Å². The van der Waals surface area contributed by atoms with Crippen LogP contribution in [-0.4, -0.2) is 60.6 Å². The SMILES string of the molecule is OCC(O)C(O)C(O)C(O)c1nnc(Nc2ccccc2)s1. The number of hydrogen-bond acceptors (Lipinski definition) is 9. The van der Waals surface area contributed by atoms with E-state index in [-0.39, 0.29) is 5.01 Å². The predicted octanol–water partition coefficient (Wildman–Crippen LogP) is -0.610. The average Bonchev–Trinajstić information content (AvgIpc) is 3.01. The van der Waals surface area contributed by atoms with E-state index >= 15 is 0 Å². The number of aromatic nitrogens is 2. The molecule has 2 aromatic rings. The summed E-state index contributed by atoms with van der Waals surface area (Å²) in [6.07, 6.45) is -6.48. The van der Waals surface area contributed by atoms with E-state index in [0.717, 1.165) is 17.0 Å². The minimum absolute atomic E-state index is 0.0788. The summed E-state index contributed by atoms with van der Waals surface area (Å²) >= 11 is 1.00. The van der Waals surface area contributed by atoms with Gasteiger partial charge < -0.3 is 30.8 Å². The van der Waals surface area contributed by atoms with Crippen molar-refractivity contribution >= 4 is 22.2 Å². The van der Waals surface area contributed by atoms with E-state index in [1.54, 1.807) is 0 Å². The van der Waals surface area contributed by atoms with Crippen molar-refractivity contribution < 1.29 is 25.5 Å². The highest BCUT2D eigenvalue weighted by Crippen LogP contribution is 2.27. The van der Waals surface area contributed by atoms with Crippen molar-refractivity contribution in [3.05, 3.63) is 35.3 Å². The standard InChI is InChI=1S/C13H17N3O5S/c17-6-8(18)9(19)10(20)11(21)12-15-16-13(22-12)14-7-4-2-1-3-5-7/h1-5,8-11,17-21H,6H2,(H,14,16). The summed E-state index contributed by atoms with van der Waals surface area (Å²) in [6, 6.07) is 9.21. The first-order valence-electron chi connectivity index (χ1n) is 6.51. The van der Waals surface area contributed by atoms with Gasteiger partial charge in [0, 0.05) is 5.69 Å². The number of aliphatic hydroxyl groups excluding tert-OH is 5. The maximum atomic E-state index is 9.96. The van der Waals surface area contributed by atoms with Crippen molar-refractivity contribution in [1.82, 2.24) is 10.2 Å². The Bertz CT molecular complexity index is 582. The zero-order valence-corrected chi connectivity index (χ0v) is 12.3. The van der Waals surface area contributed by atoms with Gasteiger partial charge in [-0.25, -0.2) is 0 Å². The van der Waals surface area contributed by atoms with E-state index in [2.05, 4.69) is 15.5 Å². The third-order valence-electron chi connectivity index (χ3n) is 2.97. The first-order chi connectivity index (χ1) is 10.5. The molecule has 1 aromatic carbocycles. The quantitative estimate of drug-likeness (QED) is 0.396. The number of para-hydroxylation sites is 1. The second kappa shape index (κ2) is 7.58. The van der Waals surface area contributed by atoms with Crippen molar-refractivity contribution in [2.75, 3.05) is 11.9 Å². The molecule has 4 atom stereocenters. The van der Waals surface area contributed by atoms with Crippen LogP contribution in [0.25, 0.3) is 0 Å². The molecule has 0 radical (unpaired) electrons. The lowest BCUT2D eigenvalue weighted by Gasteiger charge is -2.24. The topological polar surface area (TPSA) is 139 Å². The van der Waals surface area contributed by atoms with Crippen LogP contribution in [0.2, 0.25) is 0 Å². The summed E-state index contributed by atoms with van der Waals surface area (Å²) in [4.78, 5) is 0. The molecule has 6 N–H and O–H groups in total. The number of anilines is 2. The van der Waals surface area contributed by atoms with E-state index in [1.807, 2.05) is 30.3 Å². The molecule has 0 fully saturated rings. The van der Waals surface area contributed by atoms with Crippen LogP contribution < -0.4 is 5.32 Å². The molecule has 0 amide bonds. The number of rotatable bonds is 7. The first kappa shape index (κ1) is 16.7. The van der Waals surface area contributed by atoms with Crippen LogP contribution in [0.5, 0.6) is 0 Å². The highest BCUT2D eigenvalue weighted by atomic mass is 32.1. The van der Waals surface area contributed by atoms with Crippen LogP contribution in [-0.2, 0) is 0 Å². The van der Waals surface area contributed by atoms with Gasteiger partial charge in [0.15, 0.2) is 5.01 Å². The van der Waals surface area contributed by atoms with E-state index in [4.69, 9.17) is 5.11 Å². The summed E-state index contributed by atoms with van der Waals surface area (Å²) in [5, 5.41) is 58.4. The maximum absolute atomic E-state index is 9.96. The van der Waals surface area contributed by atoms with Gasteiger partial charge in [0.25, 0.3) is 0 Å². The summed E-state index contributed by atoms with van der Waals surface area (Å²) in [5.74, 6) is 0. The first-order valence-corrected chi connectivity index (χ1v) is 7.33. The molecule has 0 saturated heterocycles. The number of aliphatic hydroxyl groups is 5. The molecule has 0 bridgehead atoms. The van der Waals surface area contributed by atoms with Gasteiger partial charge in [0.1, 0.15) is 24.4 Å². The predicted molar refractivity (Wildman–Crippen MR) is 79.7 cm³/mol. The Morgan fingerprint density at radius 3 is 2.32 bits per heavy atom. The lowest BCUT2D eigenvalue weighted by Crippen LogP contribution is -2.42. The minimum Gasteiger partial charge on any atom is -0.394 e. The fourth-order valence-electron chi connectivity index (χ4n) is 1.72. The largest absolute Gasteiger partial charge is 0.394 e. The number of hydrogen-bond donors (Lipinski definition) is 6. The van der Waals surface area contributed by atoms with Crippen LogP contribution in [0.3, 0.4) is 0 Å². The molecule has 120 valence electrons. The van der Waals surface area contributed by atoms with Crippen LogP contribution >= 0.6 is 11.3 Å². The second-order valence-electron chi connectivity index (χ2n) is 4.61. The van der Waals surface area contributed by atoms with Gasteiger partial charge in [-0.1, -0.05) is 29.5 Å². The molecule has 0 aliphatic heterocycles. The van der Waals surface area contributed by atoms with Crippen LogP contribution in [0.4, 0.5) is 10.8 Å². The summed E-state index contributed by atoms with van der Waals surface area (Å²) in [5.41, 5.74) is 0.788. The Balaban J connectivity index is 2.04. The van der Waals surface area contributed by atoms with Crippen molar-refractivity contribution in [2.45, 2.75) is 24.4 Å². The third kappa shape index (κ3) is 3.97. The van der Waals surface area contributed by atoms with Crippen molar-refractivity contribution in [2.24, 2.45) is 0 Å². The van der Waals surface area contributed by atoms with E-state index in [9.17, 15) is 20.4 Å². The van der Waals surface area contributed by atoms with Crippen LogP contribution in [0.1, 0.15) is 11.1 Å². The van der Waals surface area contributed by atoms with Crippen molar-refractivity contribution in [1.29, 1.82) is 0 Å². The lowest BCUT2D eigenvalue weighted by molar-refractivity contribution is -0.116. The Kier molecular flexibility index (Phi) is 5.77. The summed E-state index contributed by atoms with van der Waals surface area (Å²) in [7, 11) is 0. The molecule has 22 heavy (non-hydrogen) atoms. The van der Waals surface area contributed by atoms with Crippen molar-refractivity contribution in [3.8, 4) is 0 Å². The zero-order chi connectivity index (χ0) is 16.1. The normalized spacial score (nSPS) is 16.8. The number of nitrogens with one attached hydrogen (secondary N) is 1. The summed E-state index contributed by atoms with van der Waals surface area (Å²) in [6.45, 7) is -0.734. The molecule has 0 aliphatic rings. The second-order valence-corrected chi connectivity index (χ2v) is 5.62. The van der Waals surface area contributed by atoms with E-state index in [0.29, 0.717) is 5.13 Å². The van der Waals surface area contributed by atoms with E-state index < -0.39 is 31.0 Å². The number of nitrogens with zero attached hydrogens (tertiary/aromatic N) is 2. The molecule has 0 saturated carbocycles. The monoisotopic (exact) mass is 327 g/mol. The summed E-state index contributed by atoms with van der Waals surface area (Å²) < 4.78 is 0. The molecular weight excluding hydrogens is 310 g/mol. The smallest absolute Gasteiger partial charge is 0.210 e. The third-order valence-corrected chi connectivity index (χ3v) is 3.88. The fraction of sp³-hybridized carbons (Fsp3) is 0.385. The van der Waals surface area contributed by atoms with Gasteiger partial charge in [0.05, 0.1) is 6.61 Å². The Morgan fingerprint density at radius 2 is 1.68 bits per heavy atom. The van der Waals surface area contributed by atoms with Gasteiger partial charge in [-0.05, 0) is 12.1 Å². The highest BCUT2D eigenvalue weighted by molar-refractivity contribution is 7.15. The Morgan fingerprint density at radius 1 is 1.00 bits per heavy atom. The van der Waals surface area contributed by atoms with Crippen LogP contribution in [0.15, 0.2) is 30.3 Å². The van der Waals surface area contributed by atoms with Gasteiger partial charge in [-0.2, -0.15) is 0 Å². The highest BCUT2D eigenvalue weighted by Gasteiger charge is 2.32. The number of benzene rings is 1. The molecule has 2 rings (SSSR count). The van der Waals surface area contributed by atoms with Crippen LogP contribution in [0, 0.1) is 0 Å². The Labute approximate surface area is 130 Å². The van der Waals surface area contributed by atoms with Crippen molar-refractivity contribution in [3.63, 3.8) is 0 Å². The zero-order valence-electron chi connectivity index (χ0n) is 11.4. The molecular formula is C13H17N3O5S. The molecule has 9 heteroatoms. The van der Waals surface area contributed by atoms with E-state index in [1.165, 1.54) is 0 Å². The molecule has 8 nitrogen and oxygen atoms in total. The molecule has 4 unspecified atom stereocenters. The maximum Gasteiger partial charge on any atom is 0.210 e. The lowest BCUT2D eigenvalue weighted by atomic mass is 10.0. The van der Waals surface area contributed by atoms with Gasteiger partial charge in [0.2, 0.25) is 5.13 Å². The van der Waals surface area contributed by atoms with Gasteiger partial charge in [-0.3, -0.25) is 0 Å². The molecule has 1 aromatic heterocycles. The minimum atomic E-state index is -1.70. The molecule has 0 aliphatic carbocycles. The molecule has 1 heterocycles. The van der Waals surface area contributed by atoms with Gasteiger partial charge >= 0.3 is 0 Å². The Hall–Kier alpha value is -1.62. The average molecular weight is 327 g/mol. The molecule has 0 spiro atoms.